The molecule has 0 aliphatic carbocycles. The lowest BCUT2D eigenvalue weighted by Gasteiger charge is -2.23. The van der Waals surface area contributed by atoms with Gasteiger partial charge in [-0.3, -0.25) is 0 Å². The first kappa shape index (κ1) is 15.8. The van der Waals surface area contributed by atoms with Crippen molar-refractivity contribution in [2.45, 2.75) is 26.4 Å². The zero-order chi connectivity index (χ0) is 15.4. The fourth-order valence-corrected chi connectivity index (χ4v) is 2.52. The van der Waals surface area contributed by atoms with Crippen molar-refractivity contribution in [2.24, 2.45) is 5.92 Å². The summed E-state index contributed by atoms with van der Waals surface area (Å²) in [7, 11) is 0. The monoisotopic (exact) mass is 307 g/mol. The van der Waals surface area contributed by atoms with Crippen molar-refractivity contribution < 1.29 is 9.50 Å². The molecule has 0 amide bonds. The number of hydrogen-bond donors (Lipinski definition) is 2. The summed E-state index contributed by atoms with van der Waals surface area (Å²) in [6, 6.07) is 11.5. The zero-order valence-electron chi connectivity index (χ0n) is 12.1. The number of aromatic hydroxyl groups is 1. The lowest BCUT2D eigenvalue weighted by molar-refractivity contribution is 0.402. The Kier molecular flexibility index (Phi) is 5.21. The second-order valence-electron chi connectivity index (χ2n) is 5.43. The van der Waals surface area contributed by atoms with Crippen LogP contribution in [0.4, 0.5) is 4.39 Å². The van der Waals surface area contributed by atoms with Crippen molar-refractivity contribution in [3.63, 3.8) is 0 Å². The minimum absolute atomic E-state index is 0.0731. The van der Waals surface area contributed by atoms with E-state index in [-0.39, 0.29) is 17.6 Å². The van der Waals surface area contributed by atoms with Crippen LogP contribution in [-0.2, 0) is 6.54 Å². The third-order valence-electron chi connectivity index (χ3n) is 3.45. The normalized spacial score (nSPS) is 12.6. The first-order valence-electron chi connectivity index (χ1n) is 6.93. The highest BCUT2D eigenvalue weighted by molar-refractivity contribution is 6.30. The number of benzene rings is 2. The van der Waals surface area contributed by atoms with E-state index in [0.717, 1.165) is 11.1 Å². The first-order chi connectivity index (χ1) is 9.97. The summed E-state index contributed by atoms with van der Waals surface area (Å²) >= 11 is 5.95. The minimum Gasteiger partial charge on any atom is -0.508 e. The van der Waals surface area contributed by atoms with E-state index in [1.807, 2.05) is 0 Å². The molecule has 0 aromatic heterocycles. The van der Waals surface area contributed by atoms with E-state index in [0.29, 0.717) is 17.5 Å². The van der Waals surface area contributed by atoms with Crippen LogP contribution in [0.1, 0.15) is 31.0 Å². The van der Waals surface area contributed by atoms with Crippen LogP contribution in [-0.4, -0.2) is 5.11 Å². The molecule has 2 nitrogen and oxygen atoms in total. The van der Waals surface area contributed by atoms with E-state index in [4.69, 9.17) is 11.6 Å². The summed E-state index contributed by atoms with van der Waals surface area (Å²) < 4.78 is 13.0. The van der Waals surface area contributed by atoms with E-state index in [1.54, 1.807) is 30.3 Å². The predicted molar refractivity (Wildman–Crippen MR) is 83.9 cm³/mol. The lowest BCUT2D eigenvalue weighted by Crippen LogP contribution is -2.25. The number of nitrogens with one attached hydrogen (secondary N) is 1. The van der Waals surface area contributed by atoms with Gasteiger partial charge in [0.15, 0.2) is 0 Å². The van der Waals surface area contributed by atoms with Crippen molar-refractivity contribution in [3.05, 3.63) is 64.4 Å². The van der Waals surface area contributed by atoms with Gasteiger partial charge in [0.2, 0.25) is 0 Å². The smallest absolute Gasteiger partial charge is 0.123 e. The quantitative estimate of drug-likeness (QED) is 0.841. The van der Waals surface area contributed by atoms with Crippen LogP contribution in [0.15, 0.2) is 42.5 Å². The van der Waals surface area contributed by atoms with Crippen molar-refractivity contribution in [3.8, 4) is 5.75 Å². The van der Waals surface area contributed by atoms with Crippen LogP contribution in [0.2, 0.25) is 5.02 Å². The maximum absolute atomic E-state index is 13.0. The number of halogens is 2. The molecule has 1 unspecified atom stereocenters. The Hall–Kier alpha value is -1.58. The Morgan fingerprint density at radius 1 is 1.14 bits per heavy atom. The van der Waals surface area contributed by atoms with Gasteiger partial charge in [0.05, 0.1) is 0 Å². The summed E-state index contributed by atoms with van der Waals surface area (Å²) in [5.74, 6) is 0.305. The van der Waals surface area contributed by atoms with Crippen LogP contribution < -0.4 is 5.32 Å². The summed E-state index contributed by atoms with van der Waals surface area (Å²) in [4.78, 5) is 0. The summed E-state index contributed by atoms with van der Waals surface area (Å²) in [5.41, 5.74) is 1.77. The molecule has 0 saturated heterocycles. The molecule has 0 heterocycles. The second kappa shape index (κ2) is 6.92. The highest BCUT2D eigenvalue weighted by Gasteiger charge is 2.16. The molecule has 2 N–H and O–H groups in total. The van der Waals surface area contributed by atoms with Crippen LogP contribution in [0.25, 0.3) is 0 Å². The van der Waals surface area contributed by atoms with Crippen molar-refractivity contribution in [2.75, 3.05) is 0 Å². The second-order valence-corrected chi connectivity index (χ2v) is 5.86. The van der Waals surface area contributed by atoms with Gasteiger partial charge in [0.1, 0.15) is 11.6 Å². The largest absolute Gasteiger partial charge is 0.508 e. The van der Waals surface area contributed by atoms with E-state index in [1.165, 1.54) is 12.1 Å². The van der Waals surface area contributed by atoms with Crippen LogP contribution in [0.5, 0.6) is 5.75 Å². The Bertz CT molecular complexity index is 598. The fourth-order valence-electron chi connectivity index (χ4n) is 2.32. The van der Waals surface area contributed by atoms with Gasteiger partial charge >= 0.3 is 0 Å². The van der Waals surface area contributed by atoms with Gasteiger partial charge in [0, 0.05) is 23.2 Å². The maximum atomic E-state index is 13.0. The number of phenols is 1. The summed E-state index contributed by atoms with van der Waals surface area (Å²) in [6.45, 7) is 4.68. The molecule has 0 spiro atoms. The van der Waals surface area contributed by atoms with Gasteiger partial charge in [-0.15, -0.1) is 0 Å². The molecule has 0 aliphatic heterocycles. The summed E-state index contributed by atoms with van der Waals surface area (Å²) in [6.07, 6.45) is 0. The van der Waals surface area contributed by atoms with Crippen LogP contribution in [0.3, 0.4) is 0 Å². The molecule has 0 bridgehead atoms. The topological polar surface area (TPSA) is 32.3 Å². The molecule has 4 heteroatoms. The molecule has 2 rings (SSSR count). The zero-order valence-corrected chi connectivity index (χ0v) is 12.9. The Labute approximate surface area is 129 Å². The number of hydrogen-bond acceptors (Lipinski definition) is 2. The van der Waals surface area contributed by atoms with Gasteiger partial charge in [-0.2, -0.15) is 0 Å². The third kappa shape index (κ3) is 4.19. The Morgan fingerprint density at radius 3 is 2.43 bits per heavy atom. The molecule has 0 radical (unpaired) electrons. The van der Waals surface area contributed by atoms with E-state index < -0.39 is 0 Å². The molecule has 112 valence electrons. The van der Waals surface area contributed by atoms with Gasteiger partial charge in [-0.05, 0) is 41.8 Å². The molecule has 0 aliphatic rings. The predicted octanol–water partition coefficient (Wildman–Crippen LogP) is 4.67. The minimum atomic E-state index is -0.242. The van der Waals surface area contributed by atoms with Crippen molar-refractivity contribution >= 4 is 11.6 Å². The molecule has 1 atom stereocenters. The maximum Gasteiger partial charge on any atom is 0.123 e. The molecule has 0 fully saturated rings. The number of rotatable bonds is 5. The molecule has 2 aromatic carbocycles. The molecule has 0 saturated carbocycles. The average molecular weight is 308 g/mol. The Balaban J connectivity index is 2.13. The first-order valence-corrected chi connectivity index (χ1v) is 7.31. The SMILES string of the molecule is CC(C)C(NCc1cc(Cl)ccc1O)c1ccc(F)cc1. The molecular weight excluding hydrogens is 289 g/mol. The third-order valence-corrected chi connectivity index (χ3v) is 3.68. The van der Waals surface area contributed by atoms with Gasteiger partial charge in [-0.1, -0.05) is 37.6 Å². The average Bonchev–Trinajstić information content (AvgIpc) is 2.44. The summed E-state index contributed by atoms with van der Waals surface area (Å²) in [5, 5.41) is 13.8. The van der Waals surface area contributed by atoms with E-state index in [2.05, 4.69) is 19.2 Å². The van der Waals surface area contributed by atoms with Gasteiger partial charge in [-0.25, -0.2) is 4.39 Å². The van der Waals surface area contributed by atoms with Gasteiger partial charge in [0.25, 0.3) is 0 Å². The Morgan fingerprint density at radius 2 is 1.81 bits per heavy atom. The molecule has 2 aromatic rings. The molecular formula is C17H19ClFNO. The van der Waals surface area contributed by atoms with E-state index >= 15 is 0 Å². The highest BCUT2D eigenvalue weighted by atomic mass is 35.5. The van der Waals surface area contributed by atoms with Crippen molar-refractivity contribution in [1.29, 1.82) is 0 Å². The fraction of sp³-hybridized carbons (Fsp3) is 0.294. The molecule has 21 heavy (non-hydrogen) atoms. The van der Waals surface area contributed by atoms with Crippen LogP contribution >= 0.6 is 11.6 Å². The standard InChI is InChI=1S/C17H19ClFNO/c1-11(2)17(12-3-6-15(19)7-4-12)20-10-13-9-14(18)5-8-16(13)21/h3-9,11,17,20-21H,10H2,1-2H3. The van der Waals surface area contributed by atoms with E-state index in [9.17, 15) is 9.50 Å². The van der Waals surface area contributed by atoms with Gasteiger partial charge < -0.3 is 10.4 Å². The van der Waals surface area contributed by atoms with Crippen LogP contribution in [0, 0.1) is 11.7 Å². The lowest BCUT2D eigenvalue weighted by atomic mass is 9.95. The number of phenolic OH excluding ortho intramolecular Hbond substituents is 1. The van der Waals surface area contributed by atoms with Crippen molar-refractivity contribution in [1.82, 2.24) is 5.32 Å². The highest BCUT2D eigenvalue weighted by Crippen LogP contribution is 2.25.